The van der Waals surface area contributed by atoms with Crippen LogP contribution in [0.15, 0.2) is 90.1 Å². The Morgan fingerprint density at radius 1 is 1.00 bits per heavy atom. The first-order valence-electron chi connectivity index (χ1n) is 13.7. The van der Waals surface area contributed by atoms with Crippen molar-refractivity contribution in [2.45, 2.75) is 38.1 Å². The molecule has 3 aromatic carbocycles. The van der Waals surface area contributed by atoms with Crippen LogP contribution in [0.5, 0.6) is 5.75 Å². The van der Waals surface area contributed by atoms with E-state index in [1.807, 2.05) is 67.6 Å². The van der Waals surface area contributed by atoms with Gasteiger partial charge in [-0.15, -0.1) is 11.8 Å². The number of hydrogen-bond donors (Lipinski definition) is 3. The van der Waals surface area contributed by atoms with Crippen molar-refractivity contribution < 1.29 is 9.53 Å². The summed E-state index contributed by atoms with van der Waals surface area (Å²) in [6, 6.07) is 25.2. The molecule has 8 nitrogen and oxygen atoms in total. The fraction of sp³-hybridized carbons (Fsp3) is 0.219. The highest BCUT2D eigenvalue weighted by molar-refractivity contribution is 7.99. The van der Waals surface area contributed by atoms with Gasteiger partial charge in [-0.2, -0.15) is 5.10 Å². The van der Waals surface area contributed by atoms with E-state index in [1.165, 1.54) is 0 Å². The number of hydrogen-bond acceptors (Lipinski definition) is 6. The van der Waals surface area contributed by atoms with Gasteiger partial charge in [-0.25, -0.2) is 14.5 Å². The van der Waals surface area contributed by atoms with Gasteiger partial charge in [-0.3, -0.25) is 5.32 Å². The number of ether oxygens (including phenoxy) is 1. The first kappa shape index (κ1) is 28.0. The lowest BCUT2D eigenvalue weighted by atomic mass is 10.0. The molecule has 0 aliphatic heterocycles. The Morgan fingerprint density at radius 3 is 2.59 bits per heavy atom. The second-order valence-corrected chi connectivity index (χ2v) is 10.8. The molecule has 0 spiro atoms. The number of thioether (sulfide) groups is 1. The molecule has 0 radical (unpaired) electrons. The third-order valence-electron chi connectivity index (χ3n) is 6.61. The molecule has 0 unspecified atom stereocenters. The zero-order valence-electron chi connectivity index (χ0n) is 23.3. The van der Waals surface area contributed by atoms with Crippen LogP contribution in [0, 0.1) is 6.92 Å². The van der Waals surface area contributed by atoms with Gasteiger partial charge in [0.2, 0.25) is 0 Å². The number of benzene rings is 3. The van der Waals surface area contributed by atoms with Crippen LogP contribution >= 0.6 is 11.8 Å². The fourth-order valence-electron chi connectivity index (χ4n) is 4.48. The van der Waals surface area contributed by atoms with Gasteiger partial charge < -0.3 is 15.8 Å². The van der Waals surface area contributed by atoms with E-state index in [2.05, 4.69) is 28.6 Å². The van der Waals surface area contributed by atoms with Crippen molar-refractivity contribution >= 4 is 45.9 Å². The lowest BCUT2D eigenvalue weighted by Crippen LogP contribution is -2.21. The van der Waals surface area contributed by atoms with E-state index in [9.17, 15) is 4.79 Å². The maximum Gasteiger partial charge on any atom is 0.324 e. The summed E-state index contributed by atoms with van der Waals surface area (Å²) in [6.45, 7) is 4.71. The maximum absolute atomic E-state index is 13.3. The van der Waals surface area contributed by atoms with E-state index in [1.54, 1.807) is 34.8 Å². The van der Waals surface area contributed by atoms with Crippen LogP contribution in [0.2, 0.25) is 0 Å². The Bertz CT molecular complexity index is 1630. The Balaban J connectivity index is 1.32. The third kappa shape index (κ3) is 7.18. The highest BCUT2D eigenvalue weighted by Gasteiger charge is 2.15. The second-order valence-electron chi connectivity index (χ2n) is 9.73. The van der Waals surface area contributed by atoms with Gasteiger partial charge in [0.25, 0.3) is 0 Å². The monoisotopic (exact) mass is 566 g/mol. The zero-order chi connectivity index (χ0) is 28.6. The topological polar surface area (TPSA) is 107 Å². The van der Waals surface area contributed by atoms with E-state index in [0.29, 0.717) is 30.4 Å². The standard InChI is InChI=1S/C32H34N6O2S/c1-3-4-19-41-31-21-30(38(37-31)24-12-9-22(2)10-13-24)36-32(39)35-28-14-11-23(26-7-5-6-8-27(26)28)16-18-40-25-15-17-34-29(33)20-25/h5-15,17,20-21H,3-4,16,18-19H2,1-2H3,(H2,33,34)(H2,35,36,39). The van der Waals surface area contributed by atoms with Gasteiger partial charge in [-0.05, 0) is 54.3 Å². The number of aryl methyl sites for hydroxylation is 1. The summed E-state index contributed by atoms with van der Waals surface area (Å²) in [5.41, 5.74) is 9.65. The molecule has 0 aliphatic carbocycles. The fourth-order valence-corrected chi connectivity index (χ4v) is 5.45. The number of urea groups is 1. The molecule has 0 atom stereocenters. The Labute approximate surface area is 244 Å². The van der Waals surface area contributed by atoms with E-state index < -0.39 is 0 Å². The minimum absolute atomic E-state index is 0.333. The molecule has 5 aromatic rings. The predicted molar refractivity (Wildman–Crippen MR) is 168 cm³/mol. The number of fused-ring (bicyclic) bond motifs is 1. The largest absolute Gasteiger partial charge is 0.493 e. The van der Waals surface area contributed by atoms with Crippen molar-refractivity contribution in [2.24, 2.45) is 0 Å². The van der Waals surface area contributed by atoms with Crippen LogP contribution in [0.4, 0.5) is 22.1 Å². The molecule has 0 bridgehead atoms. The van der Waals surface area contributed by atoms with Gasteiger partial charge in [0.15, 0.2) is 0 Å². The molecule has 0 saturated carbocycles. The number of nitrogen functional groups attached to an aromatic ring is 1. The first-order valence-corrected chi connectivity index (χ1v) is 14.7. The summed E-state index contributed by atoms with van der Waals surface area (Å²) < 4.78 is 7.66. The van der Waals surface area contributed by atoms with E-state index in [0.717, 1.165) is 56.9 Å². The predicted octanol–water partition coefficient (Wildman–Crippen LogP) is 7.47. The number of amides is 2. The third-order valence-corrected chi connectivity index (χ3v) is 7.60. The highest BCUT2D eigenvalue weighted by atomic mass is 32.2. The quantitative estimate of drug-likeness (QED) is 0.113. The highest BCUT2D eigenvalue weighted by Crippen LogP contribution is 2.29. The number of unbranched alkanes of at least 4 members (excludes halogenated alkanes) is 1. The van der Waals surface area contributed by atoms with Gasteiger partial charge in [0.1, 0.15) is 22.4 Å². The van der Waals surface area contributed by atoms with E-state index in [-0.39, 0.29) is 6.03 Å². The number of nitrogens with two attached hydrogens (primary N) is 1. The van der Waals surface area contributed by atoms with Gasteiger partial charge in [0, 0.05) is 30.1 Å². The minimum atomic E-state index is -0.333. The molecule has 4 N–H and O–H groups in total. The van der Waals surface area contributed by atoms with Gasteiger partial charge >= 0.3 is 6.03 Å². The number of pyridine rings is 1. The van der Waals surface area contributed by atoms with Crippen LogP contribution in [-0.4, -0.2) is 33.2 Å². The van der Waals surface area contributed by atoms with Crippen LogP contribution in [0.1, 0.15) is 30.9 Å². The molecule has 0 fully saturated rings. The molecule has 2 heterocycles. The maximum atomic E-state index is 13.3. The van der Waals surface area contributed by atoms with Crippen LogP contribution in [0.3, 0.4) is 0 Å². The molecular weight excluding hydrogens is 532 g/mol. The summed E-state index contributed by atoms with van der Waals surface area (Å²) in [7, 11) is 0. The van der Waals surface area contributed by atoms with Crippen LogP contribution < -0.4 is 21.1 Å². The second kappa shape index (κ2) is 13.2. The first-order chi connectivity index (χ1) is 20.0. The molecule has 9 heteroatoms. The Morgan fingerprint density at radius 2 is 1.80 bits per heavy atom. The summed E-state index contributed by atoms with van der Waals surface area (Å²) in [5.74, 6) is 2.70. The van der Waals surface area contributed by atoms with Crippen LogP contribution in [-0.2, 0) is 6.42 Å². The molecule has 0 saturated heterocycles. The molecule has 0 aliphatic rings. The Hall–Kier alpha value is -4.50. The minimum Gasteiger partial charge on any atom is -0.493 e. The lowest BCUT2D eigenvalue weighted by Gasteiger charge is -2.14. The van der Waals surface area contributed by atoms with Crippen molar-refractivity contribution in [3.05, 3.63) is 96.2 Å². The summed E-state index contributed by atoms with van der Waals surface area (Å²) in [5, 5.41) is 13.7. The Kier molecular flexibility index (Phi) is 9.05. The molecule has 41 heavy (non-hydrogen) atoms. The van der Waals surface area contributed by atoms with E-state index >= 15 is 0 Å². The van der Waals surface area contributed by atoms with Crippen molar-refractivity contribution in [3.63, 3.8) is 0 Å². The lowest BCUT2D eigenvalue weighted by molar-refractivity contribution is 0.262. The number of carbonyl (C=O) groups is 1. The number of aromatic nitrogens is 3. The number of carbonyl (C=O) groups excluding carboxylic acids is 1. The van der Waals surface area contributed by atoms with Gasteiger partial charge in [0.05, 0.1) is 18.0 Å². The average Bonchev–Trinajstić information content (AvgIpc) is 3.36. The smallest absolute Gasteiger partial charge is 0.324 e. The SMILES string of the molecule is CCCCSc1cc(NC(=O)Nc2ccc(CCOc3ccnc(N)c3)c3ccccc23)n(-c2ccc(C)cc2)n1. The molecular formula is C32H34N6O2S. The van der Waals surface area contributed by atoms with Crippen molar-refractivity contribution in [1.29, 1.82) is 0 Å². The van der Waals surface area contributed by atoms with Crippen LogP contribution in [0.25, 0.3) is 16.5 Å². The average molecular weight is 567 g/mol. The van der Waals surface area contributed by atoms with E-state index in [4.69, 9.17) is 15.6 Å². The normalized spacial score (nSPS) is 11.0. The van der Waals surface area contributed by atoms with Crippen molar-refractivity contribution in [1.82, 2.24) is 14.8 Å². The zero-order valence-corrected chi connectivity index (χ0v) is 24.1. The summed E-state index contributed by atoms with van der Waals surface area (Å²) in [4.78, 5) is 17.3. The number of anilines is 3. The molecule has 5 rings (SSSR count). The molecule has 210 valence electrons. The number of nitrogens with one attached hydrogen (secondary N) is 2. The summed E-state index contributed by atoms with van der Waals surface area (Å²) >= 11 is 1.69. The molecule has 2 aromatic heterocycles. The van der Waals surface area contributed by atoms with Crippen molar-refractivity contribution in [2.75, 3.05) is 28.7 Å². The number of nitrogens with zero attached hydrogens (tertiary/aromatic N) is 3. The van der Waals surface area contributed by atoms with Gasteiger partial charge in [-0.1, -0.05) is 61.4 Å². The van der Waals surface area contributed by atoms with Crippen molar-refractivity contribution in [3.8, 4) is 11.4 Å². The summed E-state index contributed by atoms with van der Waals surface area (Å²) in [6.07, 6.45) is 4.56. The number of rotatable bonds is 11. The molecule has 2 amide bonds.